The van der Waals surface area contributed by atoms with E-state index in [1.807, 2.05) is 42.7 Å². The zero-order valence-corrected chi connectivity index (χ0v) is 11.3. The Morgan fingerprint density at radius 1 is 1.16 bits per heavy atom. The molecule has 100 valence electrons. The van der Waals surface area contributed by atoms with Crippen LogP contribution in [0.4, 0.5) is 5.69 Å². The highest BCUT2D eigenvalue weighted by Crippen LogP contribution is 2.22. The molecule has 1 heterocycles. The van der Waals surface area contributed by atoms with Gasteiger partial charge in [0.2, 0.25) is 0 Å². The molecule has 2 aromatic rings. The van der Waals surface area contributed by atoms with Gasteiger partial charge in [0, 0.05) is 36.7 Å². The third-order valence-corrected chi connectivity index (χ3v) is 2.95. The average molecular weight is 257 g/mol. The van der Waals surface area contributed by atoms with Crippen LogP contribution in [0.2, 0.25) is 0 Å². The predicted molar refractivity (Wildman–Crippen MR) is 76.8 cm³/mol. The third-order valence-electron chi connectivity index (χ3n) is 2.95. The van der Waals surface area contributed by atoms with Crippen LogP contribution >= 0.6 is 0 Å². The quantitative estimate of drug-likeness (QED) is 0.835. The summed E-state index contributed by atoms with van der Waals surface area (Å²) in [5.74, 6) is 0.871. The van der Waals surface area contributed by atoms with E-state index in [-0.39, 0.29) is 0 Å². The summed E-state index contributed by atoms with van der Waals surface area (Å²) in [6, 6.07) is 9.76. The highest BCUT2D eigenvalue weighted by molar-refractivity contribution is 5.47. The highest BCUT2D eigenvalue weighted by atomic mass is 16.5. The van der Waals surface area contributed by atoms with Crippen molar-refractivity contribution in [3.05, 3.63) is 53.9 Å². The van der Waals surface area contributed by atoms with E-state index < -0.39 is 0 Å². The van der Waals surface area contributed by atoms with Crippen LogP contribution < -0.4 is 10.5 Å². The number of rotatable bonds is 5. The van der Waals surface area contributed by atoms with E-state index in [2.05, 4.69) is 16.9 Å². The normalized spacial score (nSPS) is 10.7. The molecule has 2 N–H and O–H groups in total. The van der Waals surface area contributed by atoms with E-state index in [4.69, 9.17) is 10.5 Å². The van der Waals surface area contributed by atoms with E-state index >= 15 is 0 Å². The first-order chi connectivity index (χ1) is 9.19. The fraction of sp³-hybridized carbons (Fsp3) is 0.267. The van der Waals surface area contributed by atoms with Crippen molar-refractivity contribution in [2.75, 3.05) is 19.9 Å². The molecule has 1 aromatic carbocycles. The molecule has 0 fully saturated rings. The van der Waals surface area contributed by atoms with Crippen LogP contribution in [0, 0.1) is 0 Å². The molecule has 0 aliphatic carbocycles. The number of pyridine rings is 1. The zero-order chi connectivity index (χ0) is 13.7. The largest absolute Gasteiger partial charge is 0.496 e. The molecular weight excluding hydrogens is 238 g/mol. The van der Waals surface area contributed by atoms with Gasteiger partial charge < -0.3 is 10.5 Å². The Balaban J connectivity index is 2.06. The van der Waals surface area contributed by atoms with Gasteiger partial charge >= 0.3 is 0 Å². The third kappa shape index (κ3) is 3.69. The molecule has 4 heteroatoms. The van der Waals surface area contributed by atoms with Crippen LogP contribution in [-0.2, 0) is 13.1 Å². The second-order valence-electron chi connectivity index (χ2n) is 4.60. The molecule has 0 aliphatic rings. The fourth-order valence-corrected chi connectivity index (χ4v) is 2.07. The number of ether oxygens (including phenoxy) is 1. The van der Waals surface area contributed by atoms with E-state index in [1.54, 1.807) is 7.11 Å². The van der Waals surface area contributed by atoms with Crippen molar-refractivity contribution < 1.29 is 4.74 Å². The summed E-state index contributed by atoms with van der Waals surface area (Å²) in [4.78, 5) is 6.24. The first kappa shape index (κ1) is 13.4. The number of hydrogen-bond acceptors (Lipinski definition) is 4. The van der Waals surface area contributed by atoms with E-state index in [9.17, 15) is 0 Å². The lowest BCUT2D eigenvalue weighted by Crippen LogP contribution is -2.17. The first-order valence-corrected chi connectivity index (χ1v) is 6.19. The smallest absolute Gasteiger partial charge is 0.123 e. The molecule has 1 aromatic heterocycles. The number of benzene rings is 1. The van der Waals surface area contributed by atoms with Gasteiger partial charge in [-0.3, -0.25) is 9.88 Å². The van der Waals surface area contributed by atoms with Crippen molar-refractivity contribution in [3.63, 3.8) is 0 Å². The van der Waals surface area contributed by atoms with Gasteiger partial charge in [-0.25, -0.2) is 0 Å². The van der Waals surface area contributed by atoms with Crippen LogP contribution in [-0.4, -0.2) is 24.0 Å². The Labute approximate surface area is 113 Å². The molecule has 0 aliphatic heterocycles. The molecule has 0 spiro atoms. The van der Waals surface area contributed by atoms with Crippen molar-refractivity contribution in [2.45, 2.75) is 13.1 Å². The molecule has 0 unspecified atom stereocenters. The number of hydrogen-bond donors (Lipinski definition) is 1. The molecule has 4 nitrogen and oxygen atoms in total. The number of anilines is 1. The van der Waals surface area contributed by atoms with Gasteiger partial charge in [0.05, 0.1) is 7.11 Å². The first-order valence-electron chi connectivity index (χ1n) is 6.19. The van der Waals surface area contributed by atoms with Crippen LogP contribution in [0.3, 0.4) is 0 Å². The minimum Gasteiger partial charge on any atom is -0.496 e. The van der Waals surface area contributed by atoms with Gasteiger partial charge in [-0.05, 0) is 42.9 Å². The number of nitrogens with zero attached hydrogens (tertiary/aromatic N) is 2. The standard InChI is InChI=1S/C15H19N3O/c1-18(10-12-5-7-17-8-6-12)11-13-9-14(16)3-4-15(13)19-2/h3-9H,10-11,16H2,1-2H3. The van der Waals surface area contributed by atoms with Crippen molar-refractivity contribution in [1.82, 2.24) is 9.88 Å². The lowest BCUT2D eigenvalue weighted by atomic mass is 10.1. The number of aromatic nitrogens is 1. The molecule has 0 amide bonds. The maximum Gasteiger partial charge on any atom is 0.123 e. The number of nitrogen functional groups attached to an aromatic ring is 1. The molecule has 0 bridgehead atoms. The minimum absolute atomic E-state index is 0.758. The van der Waals surface area contributed by atoms with Gasteiger partial charge in [-0.15, -0.1) is 0 Å². The maximum atomic E-state index is 5.83. The van der Waals surface area contributed by atoms with Crippen molar-refractivity contribution in [1.29, 1.82) is 0 Å². The Morgan fingerprint density at radius 3 is 2.58 bits per heavy atom. The summed E-state index contributed by atoms with van der Waals surface area (Å²) in [6.45, 7) is 1.65. The lowest BCUT2D eigenvalue weighted by molar-refractivity contribution is 0.310. The lowest BCUT2D eigenvalue weighted by Gasteiger charge is -2.18. The summed E-state index contributed by atoms with van der Waals surface area (Å²) < 4.78 is 5.36. The van der Waals surface area contributed by atoms with Crippen molar-refractivity contribution in [2.24, 2.45) is 0 Å². The fourth-order valence-electron chi connectivity index (χ4n) is 2.07. The van der Waals surface area contributed by atoms with Gasteiger partial charge in [-0.2, -0.15) is 0 Å². The average Bonchev–Trinajstić information content (AvgIpc) is 2.40. The topological polar surface area (TPSA) is 51.4 Å². The molecule has 0 saturated carbocycles. The van der Waals surface area contributed by atoms with E-state index in [0.717, 1.165) is 30.1 Å². The maximum absolute atomic E-state index is 5.83. The molecular formula is C15H19N3O. The Bertz CT molecular complexity index is 528. The summed E-state index contributed by atoms with van der Waals surface area (Å²) in [5, 5.41) is 0. The summed E-state index contributed by atoms with van der Waals surface area (Å²) in [7, 11) is 3.75. The van der Waals surface area contributed by atoms with Crippen LogP contribution in [0.15, 0.2) is 42.7 Å². The second kappa shape index (κ2) is 6.20. The highest BCUT2D eigenvalue weighted by Gasteiger charge is 2.07. The predicted octanol–water partition coefficient (Wildman–Crippen LogP) is 2.30. The van der Waals surface area contributed by atoms with Crippen LogP contribution in [0.25, 0.3) is 0 Å². The van der Waals surface area contributed by atoms with Gasteiger partial charge in [0.25, 0.3) is 0 Å². The van der Waals surface area contributed by atoms with E-state index in [0.29, 0.717) is 0 Å². The van der Waals surface area contributed by atoms with Crippen LogP contribution in [0.1, 0.15) is 11.1 Å². The SMILES string of the molecule is COc1ccc(N)cc1CN(C)Cc1ccncc1. The summed E-state index contributed by atoms with van der Waals surface area (Å²) in [5.41, 5.74) is 8.92. The van der Waals surface area contributed by atoms with Crippen molar-refractivity contribution in [3.8, 4) is 5.75 Å². The second-order valence-corrected chi connectivity index (χ2v) is 4.60. The van der Waals surface area contributed by atoms with Gasteiger partial charge in [0.15, 0.2) is 0 Å². The summed E-state index contributed by atoms with van der Waals surface area (Å²) in [6.07, 6.45) is 3.62. The number of nitrogens with two attached hydrogens (primary N) is 1. The molecule has 2 rings (SSSR count). The molecule has 0 radical (unpaired) electrons. The number of methoxy groups -OCH3 is 1. The molecule has 0 saturated heterocycles. The Morgan fingerprint density at radius 2 is 1.89 bits per heavy atom. The van der Waals surface area contributed by atoms with Crippen LogP contribution in [0.5, 0.6) is 5.75 Å². The summed E-state index contributed by atoms with van der Waals surface area (Å²) >= 11 is 0. The Hall–Kier alpha value is -2.07. The molecule has 0 atom stereocenters. The molecule has 19 heavy (non-hydrogen) atoms. The minimum atomic E-state index is 0.758. The zero-order valence-electron chi connectivity index (χ0n) is 11.3. The van der Waals surface area contributed by atoms with Gasteiger partial charge in [-0.1, -0.05) is 0 Å². The monoisotopic (exact) mass is 257 g/mol. The van der Waals surface area contributed by atoms with Gasteiger partial charge in [0.1, 0.15) is 5.75 Å². The Kier molecular flexibility index (Phi) is 4.36. The van der Waals surface area contributed by atoms with E-state index in [1.165, 1.54) is 5.56 Å². The van der Waals surface area contributed by atoms with Crippen molar-refractivity contribution >= 4 is 5.69 Å².